The Morgan fingerprint density at radius 3 is 2.30 bits per heavy atom. The number of amides is 1. The quantitative estimate of drug-likeness (QED) is 0.701. The molecule has 0 heterocycles. The first-order valence-electron chi connectivity index (χ1n) is 8.46. The number of methoxy groups -OCH3 is 2. The normalized spacial score (nSPS) is 10.7. The lowest BCUT2D eigenvalue weighted by atomic mass is 10.0. The number of nitrogens with zero attached hydrogens (tertiary/aromatic N) is 1. The van der Waals surface area contributed by atoms with Gasteiger partial charge in [0.25, 0.3) is 0 Å². The molecule has 0 aromatic heterocycles. The van der Waals surface area contributed by atoms with Crippen molar-refractivity contribution >= 4 is 11.6 Å². The number of carbonyl (C=O) groups is 1. The highest BCUT2D eigenvalue weighted by molar-refractivity contribution is 5.73. The Bertz CT molecular complexity index is 830. The van der Waals surface area contributed by atoms with E-state index in [9.17, 15) is 10.1 Å². The van der Waals surface area contributed by atoms with Crippen LogP contribution in [0.15, 0.2) is 54.2 Å². The Kier molecular flexibility index (Phi) is 7.26. The van der Waals surface area contributed by atoms with Crippen molar-refractivity contribution in [3.63, 3.8) is 0 Å². The predicted molar refractivity (Wildman–Crippen MR) is 105 cm³/mol. The van der Waals surface area contributed by atoms with E-state index in [-0.39, 0.29) is 5.91 Å². The van der Waals surface area contributed by atoms with Gasteiger partial charge in [0.15, 0.2) is 0 Å². The first-order valence-corrected chi connectivity index (χ1v) is 8.46. The van der Waals surface area contributed by atoms with Crippen molar-refractivity contribution in [2.75, 3.05) is 19.5 Å². The fourth-order valence-corrected chi connectivity index (χ4v) is 2.58. The van der Waals surface area contributed by atoms with Gasteiger partial charge in [-0.3, -0.25) is 4.79 Å². The zero-order valence-electron chi connectivity index (χ0n) is 15.7. The number of hydrogen-bond donors (Lipinski definition) is 2. The Balaban J connectivity index is 2.23. The van der Waals surface area contributed by atoms with Crippen molar-refractivity contribution in [1.82, 2.24) is 5.32 Å². The molecule has 2 N–H and O–H groups in total. The third-order valence-corrected chi connectivity index (χ3v) is 3.91. The summed E-state index contributed by atoms with van der Waals surface area (Å²) < 4.78 is 10.9. The number of allylic oxidation sites excluding steroid dienone is 1. The maximum absolute atomic E-state index is 11.2. The number of nitrogens with one attached hydrogen (secondary N) is 2. The van der Waals surface area contributed by atoms with E-state index in [0.717, 1.165) is 16.8 Å². The topological polar surface area (TPSA) is 83.4 Å². The molecule has 6 nitrogen and oxygen atoms in total. The number of anilines is 1. The number of rotatable bonds is 8. The Morgan fingerprint density at radius 2 is 1.78 bits per heavy atom. The molecule has 6 heteroatoms. The maximum Gasteiger partial charge on any atom is 0.217 e. The molecule has 2 aromatic rings. The minimum Gasteiger partial charge on any atom is -0.496 e. The highest BCUT2D eigenvalue weighted by Gasteiger charge is 2.14. The summed E-state index contributed by atoms with van der Waals surface area (Å²) >= 11 is 0. The van der Waals surface area contributed by atoms with E-state index in [4.69, 9.17) is 9.47 Å². The maximum atomic E-state index is 11.2. The Morgan fingerprint density at radius 1 is 1.15 bits per heavy atom. The standard InChI is InChI=1S/C21H23N3O3/c1-15(25)23-14-19-20(26-2)10-16(11-21(19)27-3)9-17(12-22)13-24-18-7-5-4-6-8-18/h4-8,10-11,13,24H,9,14H2,1-3H3,(H,23,25). The molecule has 0 aliphatic carbocycles. The van der Waals surface area contributed by atoms with Crippen molar-refractivity contribution in [3.8, 4) is 17.6 Å². The molecule has 1 amide bonds. The van der Waals surface area contributed by atoms with Crippen molar-refractivity contribution in [2.24, 2.45) is 0 Å². The van der Waals surface area contributed by atoms with Gasteiger partial charge in [0, 0.05) is 30.8 Å². The van der Waals surface area contributed by atoms with Crippen LogP contribution in [0.4, 0.5) is 5.69 Å². The lowest BCUT2D eigenvalue weighted by molar-refractivity contribution is -0.119. The number of hydrogen-bond acceptors (Lipinski definition) is 5. The van der Waals surface area contributed by atoms with Gasteiger partial charge in [-0.2, -0.15) is 5.26 Å². The van der Waals surface area contributed by atoms with Crippen molar-refractivity contribution < 1.29 is 14.3 Å². The smallest absolute Gasteiger partial charge is 0.217 e. The Hall–Kier alpha value is -3.46. The summed E-state index contributed by atoms with van der Waals surface area (Å²) in [5, 5.41) is 15.3. The molecule has 0 atom stereocenters. The molecule has 27 heavy (non-hydrogen) atoms. The highest BCUT2D eigenvalue weighted by atomic mass is 16.5. The number of para-hydroxylation sites is 1. The number of carbonyl (C=O) groups excluding carboxylic acids is 1. The van der Waals surface area contributed by atoms with E-state index in [1.807, 2.05) is 42.5 Å². The van der Waals surface area contributed by atoms with Gasteiger partial charge in [0.1, 0.15) is 11.5 Å². The monoisotopic (exact) mass is 365 g/mol. The molecule has 0 aliphatic heterocycles. The number of benzene rings is 2. The number of nitriles is 1. The molecule has 2 rings (SSSR count). The summed E-state index contributed by atoms with van der Waals surface area (Å²) in [5.74, 6) is 1.07. The average Bonchev–Trinajstić information content (AvgIpc) is 2.69. The summed E-state index contributed by atoms with van der Waals surface area (Å²) in [4.78, 5) is 11.2. The van der Waals surface area contributed by atoms with Crippen molar-refractivity contribution in [3.05, 3.63) is 65.4 Å². The molecule has 0 unspecified atom stereocenters. The first-order chi connectivity index (χ1) is 13.1. The second kappa shape index (κ2) is 9.88. The summed E-state index contributed by atoms with van der Waals surface area (Å²) in [6.07, 6.45) is 2.11. The zero-order valence-corrected chi connectivity index (χ0v) is 15.7. The van der Waals surface area contributed by atoms with E-state index >= 15 is 0 Å². The Labute approximate surface area is 159 Å². The number of ether oxygens (including phenoxy) is 2. The molecule has 0 fully saturated rings. The first kappa shape index (κ1) is 19.9. The van der Waals surface area contributed by atoms with E-state index in [1.165, 1.54) is 6.92 Å². The molecular weight excluding hydrogens is 342 g/mol. The largest absolute Gasteiger partial charge is 0.496 e. The minimum atomic E-state index is -0.134. The van der Waals surface area contributed by atoms with Gasteiger partial charge in [-0.05, 0) is 29.8 Å². The van der Waals surface area contributed by atoms with Crippen LogP contribution in [0.1, 0.15) is 18.1 Å². The molecule has 0 radical (unpaired) electrons. The second-order valence-electron chi connectivity index (χ2n) is 5.86. The molecule has 140 valence electrons. The average molecular weight is 365 g/mol. The van der Waals surface area contributed by atoms with Gasteiger partial charge < -0.3 is 20.1 Å². The summed E-state index contributed by atoms with van der Waals surface area (Å²) in [7, 11) is 3.13. The molecule has 0 bridgehead atoms. The van der Waals surface area contributed by atoms with Crippen LogP contribution in [0.5, 0.6) is 11.5 Å². The molecule has 2 aromatic carbocycles. The molecule has 0 spiro atoms. The molecule has 0 aliphatic rings. The fourth-order valence-electron chi connectivity index (χ4n) is 2.58. The lowest BCUT2D eigenvalue weighted by Crippen LogP contribution is -2.20. The third-order valence-electron chi connectivity index (χ3n) is 3.91. The van der Waals surface area contributed by atoms with Crippen LogP contribution in [0.3, 0.4) is 0 Å². The van der Waals surface area contributed by atoms with Crippen LogP contribution < -0.4 is 20.1 Å². The summed E-state index contributed by atoms with van der Waals surface area (Å²) in [5.41, 5.74) is 3.10. The molecule has 0 saturated heterocycles. The minimum absolute atomic E-state index is 0.134. The van der Waals surface area contributed by atoms with Crippen LogP contribution in [-0.4, -0.2) is 20.1 Å². The summed E-state index contributed by atoms with van der Waals surface area (Å²) in [6, 6.07) is 15.5. The van der Waals surface area contributed by atoms with E-state index < -0.39 is 0 Å². The highest BCUT2D eigenvalue weighted by Crippen LogP contribution is 2.31. The van der Waals surface area contributed by atoms with Gasteiger partial charge in [-0.25, -0.2) is 0 Å². The van der Waals surface area contributed by atoms with Crippen LogP contribution in [0.2, 0.25) is 0 Å². The van der Waals surface area contributed by atoms with E-state index in [1.54, 1.807) is 20.4 Å². The third kappa shape index (κ3) is 5.79. The van der Waals surface area contributed by atoms with Crippen LogP contribution in [-0.2, 0) is 17.8 Å². The van der Waals surface area contributed by atoms with Crippen molar-refractivity contribution in [2.45, 2.75) is 19.9 Å². The van der Waals surface area contributed by atoms with Crippen LogP contribution in [0.25, 0.3) is 0 Å². The molecule has 0 saturated carbocycles. The van der Waals surface area contributed by atoms with Crippen LogP contribution >= 0.6 is 0 Å². The molecular formula is C21H23N3O3. The van der Waals surface area contributed by atoms with Crippen molar-refractivity contribution in [1.29, 1.82) is 5.26 Å². The van der Waals surface area contributed by atoms with Gasteiger partial charge in [0.05, 0.1) is 32.4 Å². The van der Waals surface area contributed by atoms with E-state index in [0.29, 0.717) is 30.0 Å². The zero-order chi connectivity index (χ0) is 19.6. The van der Waals surface area contributed by atoms with Gasteiger partial charge in [-0.1, -0.05) is 18.2 Å². The van der Waals surface area contributed by atoms with E-state index in [2.05, 4.69) is 16.7 Å². The van der Waals surface area contributed by atoms with Crippen LogP contribution in [0, 0.1) is 11.3 Å². The van der Waals surface area contributed by atoms with Gasteiger partial charge >= 0.3 is 0 Å². The lowest BCUT2D eigenvalue weighted by Gasteiger charge is -2.15. The summed E-state index contributed by atoms with van der Waals surface area (Å²) in [6.45, 7) is 1.76. The SMILES string of the molecule is COc1cc(CC(C#N)=CNc2ccccc2)cc(OC)c1CNC(C)=O. The predicted octanol–water partition coefficient (Wildman–Crippen LogP) is 3.40. The fraction of sp³-hybridized carbons (Fsp3) is 0.238. The van der Waals surface area contributed by atoms with Gasteiger partial charge in [0.2, 0.25) is 5.91 Å². The van der Waals surface area contributed by atoms with Gasteiger partial charge in [-0.15, -0.1) is 0 Å². The second-order valence-corrected chi connectivity index (χ2v) is 5.86.